The summed E-state index contributed by atoms with van der Waals surface area (Å²) < 4.78 is 1.59. The van der Waals surface area contributed by atoms with Crippen molar-refractivity contribution in [2.24, 2.45) is 0 Å². The first kappa shape index (κ1) is 18.4. The molecule has 0 aliphatic carbocycles. The average Bonchev–Trinajstić information content (AvgIpc) is 2.95. The van der Waals surface area contributed by atoms with Crippen LogP contribution >= 0.6 is 11.6 Å². The van der Waals surface area contributed by atoms with Crippen molar-refractivity contribution < 1.29 is 9.59 Å². The molecule has 8 heteroatoms. The van der Waals surface area contributed by atoms with Crippen molar-refractivity contribution in [3.63, 3.8) is 0 Å². The third kappa shape index (κ3) is 4.05. The summed E-state index contributed by atoms with van der Waals surface area (Å²) in [6.07, 6.45) is 1.80. The molecule has 138 valence electrons. The van der Waals surface area contributed by atoms with Crippen molar-refractivity contribution in [1.29, 1.82) is 0 Å². The van der Waals surface area contributed by atoms with Crippen LogP contribution in [0.4, 0.5) is 5.82 Å². The predicted molar refractivity (Wildman–Crippen MR) is 100.0 cm³/mol. The lowest BCUT2D eigenvalue weighted by molar-refractivity contribution is -0.125. The molecule has 3 rings (SSSR count). The number of hydrogen-bond acceptors (Lipinski definition) is 4. The maximum atomic E-state index is 12.6. The van der Waals surface area contributed by atoms with Gasteiger partial charge in [-0.3, -0.25) is 14.9 Å². The van der Waals surface area contributed by atoms with Gasteiger partial charge < -0.3 is 10.6 Å². The first-order valence-electron chi connectivity index (χ1n) is 8.65. The Morgan fingerprint density at radius 2 is 2.19 bits per heavy atom. The third-order valence-electron chi connectivity index (χ3n) is 4.22. The fraction of sp³-hybridized carbons (Fsp3) is 0.389. The maximum absolute atomic E-state index is 12.6. The Balaban J connectivity index is 1.83. The summed E-state index contributed by atoms with van der Waals surface area (Å²) in [4.78, 5) is 24.6. The number of nitrogens with zero attached hydrogens (tertiary/aromatic N) is 2. The second-order valence-corrected chi connectivity index (χ2v) is 6.78. The second kappa shape index (κ2) is 7.88. The van der Waals surface area contributed by atoms with Crippen molar-refractivity contribution in [3.8, 4) is 0 Å². The Kier molecular flexibility index (Phi) is 5.58. The summed E-state index contributed by atoms with van der Waals surface area (Å²) in [5.41, 5.74) is 1.11. The number of benzene rings is 1. The van der Waals surface area contributed by atoms with Gasteiger partial charge in [0.15, 0.2) is 6.29 Å². The van der Waals surface area contributed by atoms with Gasteiger partial charge in [0, 0.05) is 18.5 Å². The summed E-state index contributed by atoms with van der Waals surface area (Å²) in [6, 6.07) is 8.67. The normalized spacial score (nSPS) is 19.9. The van der Waals surface area contributed by atoms with Crippen LogP contribution < -0.4 is 16.0 Å². The van der Waals surface area contributed by atoms with Gasteiger partial charge in [0.05, 0.1) is 16.3 Å². The summed E-state index contributed by atoms with van der Waals surface area (Å²) in [5.74, 6) is 0.120. The molecule has 7 nitrogen and oxygen atoms in total. The van der Waals surface area contributed by atoms with Crippen LogP contribution in [-0.2, 0) is 4.79 Å². The van der Waals surface area contributed by atoms with E-state index in [0.717, 1.165) is 18.5 Å². The number of amides is 2. The Morgan fingerprint density at radius 3 is 2.92 bits per heavy atom. The van der Waals surface area contributed by atoms with Crippen LogP contribution in [0.25, 0.3) is 0 Å². The summed E-state index contributed by atoms with van der Waals surface area (Å²) >= 11 is 6.10. The highest BCUT2D eigenvalue weighted by molar-refractivity contribution is 6.34. The molecule has 2 aromatic rings. The van der Waals surface area contributed by atoms with E-state index in [2.05, 4.69) is 28.0 Å². The van der Waals surface area contributed by atoms with E-state index in [0.29, 0.717) is 22.8 Å². The van der Waals surface area contributed by atoms with Gasteiger partial charge in [-0.05, 0) is 25.5 Å². The third-order valence-corrected chi connectivity index (χ3v) is 4.55. The highest BCUT2D eigenvalue weighted by atomic mass is 35.5. The van der Waals surface area contributed by atoms with Crippen LogP contribution in [0, 0.1) is 6.92 Å². The zero-order chi connectivity index (χ0) is 18.7. The maximum Gasteiger partial charge on any atom is 0.258 e. The average molecular weight is 376 g/mol. The number of aromatic nitrogens is 2. The quantitative estimate of drug-likeness (QED) is 0.749. The van der Waals surface area contributed by atoms with Gasteiger partial charge in [-0.1, -0.05) is 37.1 Å². The highest BCUT2D eigenvalue weighted by Gasteiger charge is 2.28. The first-order valence-corrected chi connectivity index (χ1v) is 9.03. The van der Waals surface area contributed by atoms with Crippen molar-refractivity contribution >= 4 is 29.2 Å². The molecular formula is C18H22ClN5O2. The molecule has 2 atom stereocenters. The standard InChI is InChI=1S/C18H22ClN5O2/c1-3-6-12-10-16(25)22-18(20-12)24-15(9-11(2)23-24)21-17(26)13-7-4-5-8-14(13)19/h4-5,7-9,12,18,20H,3,6,10H2,1-2H3,(H,21,26)(H,22,25). The van der Waals surface area contributed by atoms with Gasteiger partial charge in [-0.2, -0.15) is 5.10 Å². The van der Waals surface area contributed by atoms with Crippen molar-refractivity contribution in [2.45, 2.75) is 45.4 Å². The van der Waals surface area contributed by atoms with E-state index < -0.39 is 6.29 Å². The largest absolute Gasteiger partial charge is 0.322 e. The number of anilines is 1. The molecule has 1 saturated heterocycles. The lowest BCUT2D eigenvalue weighted by Crippen LogP contribution is -2.53. The minimum Gasteiger partial charge on any atom is -0.322 e. The van der Waals surface area contributed by atoms with E-state index in [1.54, 1.807) is 35.0 Å². The van der Waals surface area contributed by atoms with E-state index in [1.165, 1.54) is 0 Å². The van der Waals surface area contributed by atoms with Crippen LogP contribution in [0.15, 0.2) is 30.3 Å². The van der Waals surface area contributed by atoms with Crippen molar-refractivity contribution in [1.82, 2.24) is 20.4 Å². The van der Waals surface area contributed by atoms with Crippen LogP contribution in [0.3, 0.4) is 0 Å². The highest BCUT2D eigenvalue weighted by Crippen LogP contribution is 2.21. The van der Waals surface area contributed by atoms with E-state index >= 15 is 0 Å². The molecule has 2 unspecified atom stereocenters. The number of halogens is 1. The Morgan fingerprint density at radius 1 is 1.42 bits per heavy atom. The molecule has 0 spiro atoms. The van der Waals surface area contributed by atoms with Crippen LogP contribution in [-0.4, -0.2) is 27.6 Å². The minimum atomic E-state index is -0.511. The number of carbonyl (C=O) groups is 2. The molecular weight excluding hydrogens is 354 g/mol. The SMILES string of the molecule is CCCC1CC(=O)NC(n2nc(C)cc2NC(=O)c2ccccc2Cl)N1. The lowest BCUT2D eigenvalue weighted by atomic mass is 10.1. The van der Waals surface area contributed by atoms with Crippen LogP contribution in [0.1, 0.15) is 48.5 Å². The first-order chi connectivity index (χ1) is 12.5. The molecule has 1 aliphatic rings. The molecule has 26 heavy (non-hydrogen) atoms. The van der Waals surface area contributed by atoms with Crippen LogP contribution in [0.2, 0.25) is 5.02 Å². The molecule has 1 aromatic heterocycles. The summed E-state index contributed by atoms with van der Waals surface area (Å²) in [6.45, 7) is 3.91. The molecule has 1 aromatic carbocycles. The predicted octanol–water partition coefficient (Wildman–Crippen LogP) is 2.83. The molecule has 1 aliphatic heterocycles. The molecule has 0 bridgehead atoms. The van der Waals surface area contributed by atoms with Crippen LogP contribution in [0.5, 0.6) is 0 Å². The van der Waals surface area contributed by atoms with Crippen molar-refractivity contribution in [3.05, 3.63) is 46.6 Å². The fourth-order valence-electron chi connectivity index (χ4n) is 3.06. The lowest BCUT2D eigenvalue weighted by Gasteiger charge is -2.32. The molecule has 0 radical (unpaired) electrons. The Bertz CT molecular complexity index is 820. The van der Waals surface area contributed by atoms with Gasteiger partial charge in [0.2, 0.25) is 5.91 Å². The summed E-state index contributed by atoms with van der Waals surface area (Å²) in [5, 5.41) is 13.9. The van der Waals surface area contributed by atoms with E-state index in [9.17, 15) is 9.59 Å². The van der Waals surface area contributed by atoms with E-state index in [-0.39, 0.29) is 17.9 Å². The Hall–Kier alpha value is -2.38. The van der Waals surface area contributed by atoms with Gasteiger partial charge in [0.1, 0.15) is 5.82 Å². The zero-order valence-electron chi connectivity index (χ0n) is 14.8. The zero-order valence-corrected chi connectivity index (χ0v) is 15.5. The van der Waals surface area contributed by atoms with Gasteiger partial charge in [-0.25, -0.2) is 4.68 Å². The molecule has 2 heterocycles. The van der Waals surface area contributed by atoms with Crippen molar-refractivity contribution in [2.75, 3.05) is 5.32 Å². The second-order valence-electron chi connectivity index (χ2n) is 6.38. The smallest absolute Gasteiger partial charge is 0.258 e. The number of rotatable bonds is 5. The number of hydrogen-bond donors (Lipinski definition) is 3. The van der Waals surface area contributed by atoms with Gasteiger partial charge >= 0.3 is 0 Å². The number of nitrogens with one attached hydrogen (secondary N) is 3. The molecule has 1 fully saturated rings. The van der Waals surface area contributed by atoms with Gasteiger partial charge in [-0.15, -0.1) is 0 Å². The molecule has 0 saturated carbocycles. The molecule has 3 N–H and O–H groups in total. The van der Waals surface area contributed by atoms with E-state index in [1.807, 2.05) is 6.92 Å². The van der Waals surface area contributed by atoms with E-state index in [4.69, 9.17) is 11.6 Å². The number of aryl methyl sites for hydroxylation is 1. The monoisotopic (exact) mass is 375 g/mol. The summed E-state index contributed by atoms with van der Waals surface area (Å²) in [7, 11) is 0. The van der Waals surface area contributed by atoms with Gasteiger partial charge in [0.25, 0.3) is 5.91 Å². The number of carbonyl (C=O) groups excluding carboxylic acids is 2. The Labute approximate surface area is 157 Å². The molecule has 2 amide bonds. The topological polar surface area (TPSA) is 88.1 Å². The fourth-order valence-corrected chi connectivity index (χ4v) is 3.28. The minimum absolute atomic E-state index is 0.0382.